The molecular weight excluding hydrogens is 446 g/mol. The number of para-hydroxylation sites is 1. The number of anilines is 1. The number of nitrogens with zero attached hydrogens (tertiary/aromatic N) is 4. The molecule has 34 heavy (non-hydrogen) atoms. The Balaban J connectivity index is 1.46. The Morgan fingerprint density at radius 1 is 0.941 bits per heavy atom. The third-order valence-corrected chi connectivity index (χ3v) is 6.22. The van der Waals surface area contributed by atoms with Crippen LogP contribution in [-0.4, -0.2) is 32.6 Å². The molecule has 0 saturated carbocycles. The van der Waals surface area contributed by atoms with Crippen molar-refractivity contribution in [1.29, 1.82) is 0 Å². The number of fused-ring (bicyclic) bond motifs is 1. The van der Waals surface area contributed by atoms with E-state index >= 15 is 0 Å². The van der Waals surface area contributed by atoms with Crippen LogP contribution in [0.25, 0.3) is 17.2 Å². The summed E-state index contributed by atoms with van der Waals surface area (Å²) in [6, 6.07) is 26.4. The van der Waals surface area contributed by atoms with Gasteiger partial charge in [0.15, 0.2) is 5.82 Å². The number of aryl methyl sites for hydroxylation is 1. The van der Waals surface area contributed by atoms with Crippen LogP contribution in [0.4, 0.5) is 5.69 Å². The molecule has 2 aromatic heterocycles. The second-order valence-corrected chi connectivity index (χ2v) is 8.59. The van der Waals surface area contributed by atoms with E-state index in [1.54, 1.807) is 35.9 Å². The molecule has 0 atom stereocenters. The van der Waals surface area contributed by atoms with E-state index in [2.05, 4.69) is 15.3 Å². The van der Waals surface area contributed by atoms with Gasteiger partial charge in [-0.3, -0.25) is 4.79 Å². The van der Waals surface area contributed by atoms with Crippen molar-refractivity contribution in [2.45, 2.75) is 16.8 Å². The van der Waals surface area contributed by atoms with Gasteiger partial charge in [-0.05, 0) is 49.4 Å². The fourth-order valence-electron chi connectivity index (χ4n) is 3.44. The molecule has 0 fully saturated rings. The van der Waals surface area contributed by atoms with E-state index < -0.39 is 0 Å². The Morgan fingerprint density at radius 2 is 1.68 bits per heavy atom. The largest absolute Gasteiger partial charge is 0.497 e. The topological polar surface area (TPSA) is 81.4 Å². The second-order valence-electron chi connectivity index (χ2n) is 7.53. The van der Waals surface area contributed by atoms with E-state index in [0.29, 0.717) is 28.6 Å². The number of hydrogen-bond donors (Lipinski definition) is 1. The first-order valence-corrected chi connectivity index (χ1v) is 11.4. The van der Waals surface area contributed by atoms with Crippen LogP contribution in [0.2, 0.25) is 0 Å². The number of carbonyl (C=O) groups excluding carboxylic acids is 1. The molecule has 1 N–H and O–H groups in total. The predicted octanol–water partition coefficient (Wildman–Crippen LogP) is 5.51. The molecule has 7 nitrogen and oxygen atoms in total. The molecule has 5 aromatic rings. The van der Waals surface area contributed by atoms with Gasteiger partial charge in [0.2, 0.25) is 0 Å². The quantitative estimate of drug-likeness (QED) is 0.332. The molecule has 0 aliphatic heterocycles. The van der Waals surface area contributed by atoms with Crippen LogP contribution in [0.1, 0.15) is 16.1 Å². The van der Waals surface area contributed by atoms with Gasteiger partial charge in [0, 0.05) is 21.7 Å². The van der Waals surface area contributed by atoms with Crippen molar-refractivity contribution in [3.63, 3.8) is 0 Å². The Labute approximate surface area is 200 Å². The van der Waals surface area contributed by atoms with E-state index in [-0.39, 0.29) is 5.91 Å². The van der Waals surface area contributed by atoms with Crippen LogP contribution in [0.15, 0.2) is 94.9 Å². The maximum absolute atomic E-state index is 12.8. The van der Waals surface area contributed by atoms with Gasteiger partial charge in [-0.15, -0.1) is 5.10 Å². The number of amides is 1. The highest BCUT2D eigenvalue weighted by Gasteiger charge is 2.15. The predicted molar refractivity (Wildman–Crippen MR) is 132 cm³/mol. The molecular formula is C26H21N5O2S. The summed E-state index contributed by atoms with van der Waals surface area (Å²) in [5.41, 5.74) is 3.02. The van der Waals surface area contributed by atoms with Gasteiger partial charge < -0.3 is 10.1 Å². The maximum atomic E-state index is 12.8. The minimum absolute atomic E-state index is 0.195. The van der Waals surface area contributed by atoms with E-state index in [9.17, 15) is 4.79 Å². The molecule has 0 radical (unpaired) electrons. The number of ether oxygens (including phenoxy) is 1. The smallest absolute Gasteiger partial charge is 0.255 e. The monoisotopic (exact) mass is 467 g/mol. The first kappa shape index (κ1) is 21.7. The van der Waals surface area contributed by atoms with E-state index in [0.717, 1.165) is 21.2 Å². The van der Waals surface area contributed by atoms with Crippen LogP contribution in [0, 0.1) is 6.92 Å². The first-order valence-electron chi connectivity index (χ1n) is 10.6. The van der Waals surface area contributed by atoms with Crippen molar-refractivity contribution in [3.05, 3.63) is 96.2 Å². The third kappa shape index (κ3) is 4.49. The highest BCUT2D eigenvalue weighted by Crippen LogP contribution is 2.34. The molecule has 3 aromatic carbocycles. The summed E-state index contributed by atoms with van der Waals surface area (Å²) >= 11 is 1.50. The van der Waals surface area contributed by atoms with Crippen molar-refractivity contribution in [2.24, 2.45) is 0 Å². The van der Waals surface area contributed by atoms with Gasteiger partial charge in [-0.1, -0.05) is 54.2 Å². The Bertz CT molecular complexity index is 1470. The average Bonchev–Trinajstić information content (AvgIpc) is 3.30. The molecule has 0 bridgehead atoms. The maximum Gasteiger partial charge on any atom is 0.255 e. The summed E-state index contributed by atoms with van der Waals surface area (Å²) in [6.45, 7) is 1.93. The number of methoxy groups -OCH3 is 1. The second kappa shape index (κ2) is 9.36. The fourth-order valence-corrected chi connectivity index (χ4v) is 4.48. The lowest BCUT2D eigenvalue weighted by Gasteiger charge is -2.12. The number of aromatic nitrogens is 4. The van der Waals surface area contributed by atoms with E-state index in [1.165, 1.54) is 11.8 Å². The van der Waals surface area contributed by atoms with Crippen molar-refractivity contribution in [2.75, 3.05) is 12.4 Å². The molecule has 0 saturated heterocycles. The number of rotatable bonds is 6. The van der Waals surface area contributed by atoms with Gasteiger partial charge in [0.25, 0.3) is 11.7 Å². The Kier molecular flexibility index (Phi) is 5.97. The molecule has 5 rings (SSSR count). The van der Waals surface area contributed by atoms with E-state index in [1.807, 2.05) is 67.6 Å². The van der Waals surface area contributed by atoms with Crippen molar-refractivity contribution >= 4 is 29.1 Å². The first-order chi connectivity index (χ1) is 16.6. The Morgan fingerprint density at radius 3 is 2.44 bits per heavy atom. The van der Waals surface area contributed by atoms with Crippen LogP contribution < -0.4 is 10.1 Å². The summed E-state index contributed by atoms with van der Waals surface area (Å²) < 4.78 is 6.91. The summed E-state index contributed by atoms with van der Waals surface area (Å²) in [4.78, 5) is 22.9. The van der Waals surface area contributed by atoms with Crippen LogP contribution in [-0.2, 0) is 0 Å². The van der Waals surface area contributed by atoms with Crippen LogP contribution in [0.5, 0.6) is 5.75 Å². The van der Waals surface area contributed by atoms with Crippen molar-refractivity contribution in [3.8, 4) is 17.1 Å². The molecule has 0 unspecified atom stereocenters. The fraction of sp³-hybridized carbons (Fsp3) is 0.0769. The molecule has 0 aliphatic rings. The van der Waals surface area contributed by atoms with Crippen molar-refractivity contribution in [1.82, 2.24) is 19.6 Å². The van der Waals surface area contributed by atoms with Gasteiger partial charge >= 0.3 is 0 Å². The standard InChI is InChI=1S/C26H21N5O2S/c1-17-16-23(31-26(27-17)29-24(30-31)18-8-4-3-5-9-18)34-22-11-7-6-10-21(22)28-25(32)19-12-14-20(33-2)15-13-19/h3-16H,1-2H3,(H,28,32). The van der Waals surface area contributed by atoms with Gasteiger partial charge in [0.05, 0.1) is 12.8 Å². The summed E-state index contributed by atoms with van der Waals surface area (Å²) in [6.07, 6.45) is 0. The molecule has 2 heterocycles. The van der Waals surface area contributed by atoms with Crippen LogP contribution in [0.3, 0.4) is 0 Å². The lowest BCUT2D eigenvalue weighted by molar-refractivity contribution is 0.102. The van der Waals surface area contributed by atoms with Gasteiger partial charge in [-0.2, -0.15) is 9.50 Å². The minimum Gasteiger partial charge on any atom is -0.497 e. The zero-order valence-electron chi connectivity index (χ0n) is 18.6. The zero-order chi connectivity index (χ0) is 23.5. The van der Waals surface area contributed by atoms with Gasteiger partial charge in [0.1, 0.15) is 10.8 Å². The van der Waals surface area contributed by atoms with Crippen LogP contribution >= 0.6 is 11.8 Å². The minimum atomic E-state index is -0.195. The molecule has 0 spiro atoms. The SMILES string of the molecule is COc1ccc(C(=O)Nc2ccccc2Sc2cc(C)nc3nc(-c4ccccc4)nn23)cc1. The summed E-state index contributed by atoms with van der Waals surface area (Å²) in [5.74, 6) is 1.65. The molecule has 0 aliphatic carbocycles. The average molecular weight is 468 g/mol. The number of hydrogen-bond acceptors (Lipinski definition) is 6. The lowest BCUT2D eigenvalue weighted by Crippen LogP contribution is -2.12. The number of benzene rings is 3. The third-order valence-electron chi connectivity index (χ3n) is 5.14. The molecule has 1 amide bonds. The van der Waals surface area contributed by atoms with Gasteiger partial charge in [-0.25, -0.2) is 4.98 Å². The normalized spacial score (nSPS) is 10.9. The summed E-state index contributed by atoms with van der Waals surface area (Å²) in [7, 11) is 1.60. The number of nitrogens with one attached hydrogen (secondary N) is 1. The van der Waals surface area contributed by atoms with Crippen molar-refractivity contribution < 1.29 is 9.53 Å². The Hall–Kier alpha value is -4.17. The summed E-state index contributed by atoms with van der Waals surface area (Å²) in [5, 5.41) is 8.56. The highest BCUT2D eigenvalue weighted by molar-refractivity contribution is 7.99. The lowest BCUT2D eigenvalue weighted by atomic mass is 10.2. The number of carbonyl (C=O) groups is 1. The van der Waals surface area contributed by atoms with E-state index in [4.69, 9.17) is 9.84 Å². The zero-order valence-corrected chi connectivity index (χ0v) is 19.4. The molecule has 168 valence electrons. The highest BCUT2D eigenvalue weighted by atomic mass is 32.2. The molecule has 8 heteroatoms.